The zero-order chi connectivity index (χ0) is 13.8. The molecule has 0 fully saturated rings. The fourth-order valence-corrected chi connectivity index (χ4v) is 2.20. The Hall–Kier alpha value is -1.80. The molecular weight excluding hydrogens is 304 g/mol. The second-order valence-corrected chi connectivity index (χ2v) is 5.44. The van der Waals surface area contributed by atoms with Gasteiger partial charge in [0.05, 0.1) is 17.8 Å². The molecule has 0 saturated heterocycles. The number of hydrogen-bond acceptors (Lipinski definition) is 3. The highest BCUT2D eigenvalue weighted by atomic mass is 79.9. The highest BCUT2D eigenvalue weighted by Gasteiger charge is 2.04. The Bertz CT molecular complexity index is 610. The van der Waals surface area contributed by atoms with Gasteiger partial charge in [-0.1, -0.05) is 0 Å². The predicted molar refractivity (Wildman–Crippen MR) is 78.8 cm³/mol. The van der Waals surface area contributed by atoms with Gasteiger partial charge in [0.15, 0.2) is 0 Å². The molecule has 0 aliphatic carbocycles. The zero-order valence-corrected chi connectivity index (χ0v) is 12.5. The first-order valence-electron chi connectivity index (χ1n) is 6.06. The first-order valence-corrected chi connectivity index (χ1v) is 6.86. The van der Waals surface area contributed by atoms with E-state index >= 15 is 0 Å². The minimum atomic E-state index is 0.371. The highest BCUT2D eigenvalue weighted by Crippen LogP contribution is 2.24. The number of nitrogens with one attached hydrogen (secondary N) is 1. The van der Waals surface area contributed by atoms with Gasteiger partial charge in [0, 0.05) is 34.5 Å². The van der Waals surface area contributed by atoms with Gasteiger partial charge in [0.1, 0.15) is 0 Å². The molecule has 0 atom stereocenters. The Balaban J connectivity index is 2.04. The summed E-state index contributed by atoms with van der Waals surface area (Å²) in [5.74, 6) is 0. The second kappa shape index (κ2) is 5.89. The molecule has 1 aromatic carbocycles. The molecule has 1 N–H and O–H groups in total. The summed E-state index contributed by atoms with van der Waals surface area (Å²) in [6, 6.07) is 7.98. The fraction of sp³-hybridized carbons (Fsp3) is 0.286. The lowest BCUT2D eigenvalue weighted by Crippen LogP contribution is -2.01. The minimum absolute atomic E-state index is 0.371. The van der Waals surface area contributed by atoms with Crippen LogP contribution in [0.25, 0.3) is 0 Å². The third kappa shape index (κ3) is 3.36. The summed E-state index contributed by atoms with van der Waals surface area (Å²) in [5, 5.41) is 16.4. The third-order valence-corrected chi connectivity index (χ3v) is 3.42. The van der Waals surface area contributed by atoms with Crippen molar-refractivity contribution < 1.29 is 0 Å². The van der Waals surface area contributed by atoms with Gasteiger partial charge < -0.3 is 5.32 Å². The Kier molecular flexibility index (Phi) is 4.23. The molecule has 5 heteroatoms. The molecule has 0 unspecified atom stereocenters. The van der Waals surface area contributed by atoms with Crippen molar-refractivity contribution in [3.63, 3.8) is 0 Å². The van der Waals surface area contributed by atoms with Crippen LogP contribution in [0.2, 0.25) is 0 Å². The van der Waals surface area contributed by atoms with Crippen LogP contribution in [0.4, 0.5) is 5.69 Å². The van der Waals surface area contributed by atoms with Crippen LogP contribution >= 0.6 is 15.9 Å². The smallest absolute Gasteiger partial charge is 0.0992 e. The van der Waals surface area contributed by atoms with Crippen LogP contribution in [0.1, 0.15) is 31.0 Å². The number of nitriles is 1. The Morgan fingerprint density at radius 2 is 2.26 bits per heavy atom. The van der Waals surface area contributed by atoms with Gasteiger partial charge in [0.25, 0.3) is 0 Å². The lowest BCUT2D eigenvalue weighted by atomic mass is 10.2. The summed E-state index contributed by atoms with van der Waals surface area (Å²) >= 11 is 3.46. The van der Waals surface area contributed by atoms with Crippen LogP contribution < -0.4 is 5.32 Å². The van der Waals surface area contributed by atoms with Gasteiger partial charge in [-0.3, -0.25) is 4.68 Å². The van der Waals surface area contributed by atoms with Gasteiger partial charge in [-0.15, -0.1) is 0 Å². The third-order valence-electron chi connectivity index (χ3n) is 2.77. The molecule has 0 spiro atoms. The molecule has 1 aromatic heterocycles. The lowest BCUT2D eigenvalue weighted by Gasteiger charge is -2.07. The average molecular weight is 319 g/mol. The number of anilines is 1. The normalized spacial score (nSPS) is 10.5. The molecule has 0 amide bonds. The molecule has 19 heavy (non-hydrogen) atoms. The Morgan fingerprint density at radius 1 is 1.47 bits per heavy atom. The van der Waals surface area contributed by atoms with Gasteiger partial charge in [-0.05, 0) is 48.0 Å². The molecular formula is C14H15BrN4. The summed E-state index contributed by atoms with van der Waals surface area (Å²) in [6.07, 6.45) is 3.90. The van der Waals surface area contributed by atoms with Crippen LogP contribution in [0, 0.1) is 11.3 Å². The predicted octanol–water partition coefficient (Wildman–Crippen LogP) is 3.71. The zero-order valence-electron chi connectivity index (χ0n) is 10.9. The first kappa shape index (κ1) is 13.6. The molecule has 4 nitrogen and oxygen atoms in total. The molecule has 0 aliphatic rings. The lowest BCUT2D eigenvalue weighted by molar-refractivity contribution is 0.532. The van der Waals surface area contributed by atoms with E-state index in [0.29, 0.717) is 18.2 Å². The quantitative estimate of drug-likeness (QED) is 0.934. The van der Waals surface area contributed by atoms with E-state index in [-0.39, 0.29) is 0 Å². The van der Waals surface area contributed by atoms with E-state index in [1.807, 2.05) is 23.1 Å². The summed E-state index contributed by atoms with van der Waals surface area (Å²) < 4.78 is 2.83. The van der Waals surface area contributed by atoms with Crippen LogP contribution in [-0.4, -0.2) is 9.78 Å². The molecule has 0 bridgehead atoms. The van der Waals surface area contributed by atoms with Crippen molar-refractivity contribution in [3.8, 4) is 6.07 Å². The second-order valence-electron chi connectivity index (χ2n) is 4.58. The van der Waals surface area contributed by atoms with Crippen molar-refractivity contribution >= 4 is 21.6 Å². The van der Waals surface area contributed by atoms with E-state index in [9.17, 15) is 0 Å². The first-order chi connectivity index (χ1) is 9.10. The molecule has 1 heterocycles. The number of nitrogens with zero attached hydrogens (tertiary/aromatic N) is 3. The molecule has 0 saturated carbocycles. The average Bonchev–Trinajstić information content (AvgIpc) is 2.86. The summed E-state index contributed by atoms with van der Waals surface area (Å²) in [5.41, 5.74) is 2.74. The fourth-order valence-electron chi connectivity index (χ4n) is 1.68. The van der Waals surface area contributed by atoms with Crippen molar-refractivity contribution in [3.05, 3.63) is 46.2 Å². The number of aromatic nitrogens is 2. The SMILES string of the molecule is CC(C)n1cc(CNc2ccc(C#N)cc2Br)cn1. The molecule has 2 rings (SSSR count). The van der Waals surface area contributed by atoms with E-state index in [4.69, 9.17) is 5.26 Å². The Morgan fingerprint density at radius 3 is 2.84 bits per heavy atom. The topological polar surface area (TPSA) is 53.6 Å². The van der Waals surface area contributed by atoms with Gasteiger partial charge in [-0.25, -0.2) is 0 Å². The maximum atomic E-state index is 8.81. The van der Waals surface area contributed by atoms with Gasteiger partial charge in [0.2, 0.25) is 0 Å². The molecule has 0 aliphatic heterocycles. The van der Waals surface area contributed by atoms with Crippen molar-refractivity contribution in [2.24, 2.45) is 0 Å². The largest absolute Gasteiger partial charge is 0.380 e. The van der Waals surface area contributed by atoms with Crippen molar-refractivity contribution in [1.29, 1.82) is 5.26 Å². The summed E-state index contributed by atoms with van der Waals surface area (Å²) in [4.78, 5) is 0. The number of halogens is 1. The van der Waals surface area contributed by atoms with Crippen molar-refractivity contribution in [2.45, 2.75) is 26.4 Å². The van der Waals surface area contributed by atoms with Gasteiger partial charge in [-0.2, -0.15) is 10.4 Å². The maximum absolute atomic E-state index is 8.81. The van der Waals surface area contributed by atoms with Crippen LogP contribution in [0.5, 0.6) is 0 Å². The van der Waals surface area contributed by atoms with E-state index < -0.39 is 0 Å². The molecule has 0 radical (unpaired) electrons. The highest BCUT2D eigenvalue weighted by molar-refractivity contribution is 9.10. The molecule has 2 aromatic rings. The van der Waals surface area contributed by atoms with E-state index in [1.165, 1.54) is 0 Å². The van der Waals surface area contributed by atoms with Crippen molar-refractivity contribution in [1.82, 2.24) is 9.78 Å². The van der Waals surface area contributed by atoms with E-state index in [0.717, 1.165) is 15.7 Å². The molecule has 98 valence electrons. The number of benzene rings is 1. The summed E-state index contributed by atoms with van der Waals surface area (Å²) in [6.45, 7) is 4.90. The summed E-state index contributed by atoms with van der Waals surface area (Å²) in [7, 11) is 0. The number of hydrogen-bond donors (Lipinski definition) is 1. The van der Waals surface area contributed by atoms with Gasteiger partial charge >= 0.3 is 0 Å². The standard InChI is InChI=1S/C14H15BrN4/c1-10(2)19-9-12(8-18-19)7-17-14-4-3-11(6-16)5-13(14)15/h3-5,8-10,17H,7H2,1-2H3. The Labute approximate surface area is 121 Å². The van der Waals surface area contributed by atoms with Crippen LogP contribution in [0.15, 0.2) is 35.1 Å². The van der Waals surface area contributed by atoms with Crippen molar-refractivity contribution in [2.75, 3.05) is 5.32 Å². The van der Waals surface area contributed by atoms with Crippen LogP contribution in [-0.2, 0) is 6.54 Å². The van der Waals surface area contributed by atoms with E-state index in [2.05, 4.69) is 46.3 Å². The van der Waals surface area contributed by atoms with Crippen LogP contribution in [0.3, 0.4) is 0 Å². The minimum Gasteiger partial charge on any atom is -0.380 e. The number of rotatable bonds is 4. The maximum Gasteiger partial charge on any atom is 0.0992 e. The monoisotopic (exact) mass is 318 g/mol. The van der Waals surface area contributed by atoms with E-state index in [1.54, 1.807) is 12.1 Å².